The van der Waals surface area contributed by atoms with Gasteiger partial charge >= 0.3 is 0 Å². The van der Waals surface area contributed by atoms with E-state index in [1.807, 2.05) is 0 Å². The van der Waals surface area contributed by atoms with E-state index in [9.17, 15) is 0 Å². The zero-order valence-corrected chi connectivity index (χ0v) is 11.1. The van der Waals surface area contributed by atoms with Crippen LogP contribution in [0.3, 0.4) is 0 Å². The van der Waals surface area contributed by atoms with Crippen molar-refractivity contribution in [2.45, 2.75) is 0 Å². The Morgan fingerprint density at radius 2 is 1.25 bits per heavy atom. The number of benzene rings is 2. The topological polar surface area (TPSA) is 0 Å². The molecule has 0 nitrogen and oxygen atoms in total. The summed E-state index contributed by atoms with van der Waals surface area (Å²) in [6, 6.07) is 21.1. The van der Waals surface area contributed by atoms with E-state index >= 15 is 0 Å². The molecule has 16 heavy (non-hydrogen) atoms. The van der Waals surface area contributed by atoms with E-state index < -0.39 is 0 Å². The number of alkyl halides is 1. The fraction of sp³-hybridized carbons (Fsp3) is 0.0667. The highest BCUT2D eigenvalue weighted by molar-refractivity contribution is 14.1. The SMILES string of the molecule is ICC=C(c1ccccc1)c1ccccc1. The summed E-state index contributed by atoms with van der Waals surface area (Å²) in [5.41, 5.74) is 3.88. The molecular weight excluding hydrogens is 307 g/mol. The number of halogens is 1. The van der Waals surface area contributed by atoms with Crippen molar-refractivity contribution >= 4 is 28.2 Å². The van der Waals surface area contributed by atoms with Crippen molar-refractivity contribution in [3.8, 4) is 0 Å². The summed E-state index contributed by atoms with van der Waals surface area (Å²) in [5.74, 6) is 0. The molecule has 0 spiro atoms. The van der Waals surface area contributed by atoms with Crippen LogP contribution in [0.15, 0.2) is 66.7 Å². The molecule has 2 aromatic carbocycles. The highest BCUT2D eigenvalue weighted by Gasteiger charge is 2.02. The van der Waals surface area contributed by atoms with E-state index in [1.54, 1.807) is 0 Å². The van der Waals surface area contributed by atoms with Gasteiger partial charge in [0.25, 0.3) is 0 Å². The summed E-state index contributed by atoms with van der Waals surface area (Å²) < 4.78 is 1.02. The smallest absolute Gasteiger partial charge is 0.0185 e. The van der Waals surface area contributed by atoms with Crippen LogP contribution in [0.25, 0.3) is 5.57 Å². The second-order valence-corrected chi connectivity index (χ2v) is 4.38. The minimum atomic E-state index is 1.02. The van der Waals surface area contributed by atoms with Crippen molar-refractivity contribution in [3.05, 3.63) is 77.9 Å². The second-order valence-electron chi connectivity index (χ2n) is 3.50. The van der Waals surface area contributed by atoms with Crippen LogP contribution in [-0.4, -0.2) is 4.43 Å². The lowest BCUT2D eigenvalue weighted by Crippen LogP contribution is -1.87. The third-order valence-corrected chi connectivity index (χ3v) is 2.89. The monoisotopic (exact) mass is 320 g/mol. The maximum absolute atomic E-state index is 2.38. The van der Waals surface area contributed by atoms with E-state index in [4.69, 9.17) is 0 Å². The van der Waals surface area contributed by atoms with E-state index in [0.717, 1.165) is 4.43 Å². The number of hydrogen-bond donors (Lipinski definition) is 0. The Morgan fingerprint density at radius 3 is 1.62 bits per heavy atom. The van der Waals surface area contributed by atoms with Crippen LogP contribution in [-0.2, 0) is 0 Å². The van der Waals surface area contributed by atoms with Crippen LogP contribution in [0, 0.1) is 0 Å². The van der Waals surface area contributed by atoms with Gasteiger partial charge in [0.15, 0.2) is 0 Å². The highest BCUT2D eigenvalue weighted by Crippen LogP contribution is 2.23. The molecule has 2 aromatic rings. The van der Waals surface area contributed by atoms with Gasteiger partial charge in [0.05, 0.1) is 0 Å². The Balaban J connectivity index is 2.44. The molecule has 0 saturated heterocycles. The summed E-state index contributed by atoms with van der Waals surface area (Å²) in [6.07, 6.45) is 2.27. The molecule has 2 rings (SSSR count). The van der Waals surface area contributed by atoms with Crippen LogP contribution in [0.4, 0.5) is 0 Å². The van der Waals surface area contributed by atoms with Gasteiger partial charge in [-0.25, -0.2) is 0 Å². The maximum atomic E-state index is 2.38. The lowest BCUT2D eigenvalue weighted by molar-refractivity contribution is 1.54. The fourth-order valence-corrected chi connectivity index (χ4v) is 2.16. The molecule has 0 aliphatic rings. The number of rotatable bonds is 3. The molecule has 0 aliphatic carbocycles. The van der Waals surface area contributed by atoms with E-state index in [1.165, 1.54) is 16.7 Å². The van der Waals surface area contributed by atoms with Crippen LogP contribution in [0.5, 0.6) is 0 Å². The molecule has 80 valence electrons. The van der Waals surface area contributed by atoms with Crippen LogP contribution < -0.4 is 0 Å². The van der Waals surface area contributed by atoms with Crippen molar-refractivity contribution in [1.29, 1.82) is 0 Å². The van der Waals surface area contributed by atoms with E-state index in [2.05, 4.69) is 89.3 Å². The summed E-state index contributed by atoms with van der Waals surface area (Å²) >= 11 is 2.38. The van der Waals surface area contributed by atoms with Gasteiger partial charge in [-0.2, -0.15) is 0 Å². The molecule has 0 atom stereocenters. The summed E-state index contributed by atoms with van der Waals surface area (Å²) in [6.45, 7) is 0. The van der Waals surface area contributed by atoms with E-state index in [0.29, 0.717) is 0 Å². The van der Waals surface area contributed by atoms with Gasteiger partial charge in [-0.3, -0.25) is 0 Å². The van der Waals surface area contributed by atoms with Gasteiger partial charge in [0, 0.05) is 4.43 Å². The lowest BCUT2D eigenvalue weighted by atomic mass is 9.98. The van der Waals surface area contributed by atoms with Crippen LogP contribution in [0.1, 0.15) is 11.1 Å². The van der Waals surface area contributed by atoms with Crippen molar-refractivity contribution in [1.82, 2.24) is 0 Å². The third-order valence-electron chi connectivity index (χ3n) is 2.45. The largest absolute Gasteiger partial charge is 0.0818 e. The van der Waals surface area contributed by atoms with Gasteiger partial charge in [-0.1, -0.05) is 89.3 Å². The van der Waals surface area contributed by atoms with Crippen molar-refractivity contribution < 1.29 is 0 Å². The van der Waals surface area contributed by atoms with E-state index in [-0.39, 0.29) is 0 Å². The number of hydrogen-bond acceptors (Lipinski definition) is 0. The average molecular weight is 320 g/mol. The zero-order chi connectivity index (χ0) is 11.2. The predicted molar refractivity (Wildman–Crippen MR) is 78.9 cm³/mol. The van der Waals surface area contributed by atoms with Crippen LogP contribution >= 0.6 is 22.6 Å². The fourth-order valence-electron chi connectivity index (χ4n) is 1.71. The molecular formula is C15H13I. The maximum Gasteiger partial charge on any atom is 0.0185 e. The van der Waals surface area contributed by atoms with Gasteiger partial charge < -0.3 is 0 Å². The first-order chi connectivity index (χ1) is 7.92. The average Bonchev–Trinajstić information content (AvgIpc) is 2.38. The molecule has 0 heterocycles. The molecule has 0 fully saturated rings. The van der Waals surface area contributed by atoms with Crippen molar-refractivity contribution in [3.63, 3.8) is 0 Å². The van der Waals surface area contributed by atoms with Gasteiger partial charge in [-0.05, 0) is 16.7 Å². The molecule has 0 unspecified atom stereocenters. The van der Waals surface area contributed by atoms with Gasteiger partial charge in [0.1, 0.15) is 0 Å². The Bertz CT molecular complexity index is 416. The predicted octanol–water partition coefficient (Wildman–Crippen LogP) is 4.55. The molecule has 0 N–H and O–H groups in total. The van der Waals surface area contributed by atoms with Crippen LogP contribution in [0.2, 0.25) is 0 Å². The second kappa shape index (κ2) is 5.85. The minimum absolute atomic E-state index is 1.02. The molecule has 0 amide bonds. The molecule has 0 aromatic heterocycles. The van der Waals surface area contributed by atoms with Gasteiger partial charge in [-0.15, -0.1) is 0 Å². The molecule has 0 aliphatic heterocycles. The lowest BCUT2D eigenvalue weighted by Gasteiger charge is -2.07. The standard InChI is InChI=1S/C15H13I/c16-12-11-15(13-7-3-1-4-8-13)14-9-5-2-6-10-14/h1-11H,12H2. The third kappa shape index (κ3) is 2.73. The van der Waals surface area contributed by atoms with Gasteiger partial charge in [0.2, 0.25) is 0 Å². The Labute approximate surface area is 110 Å². The Morgan fingerprint density at radius 1 is 0.812 bits per heavy atom. The van der Waals surface area contributed by atoms with Crippen molar-refractivity contribution in [2.75, 3.05) is 4.43 Å². The zero-order valence-electron chi connectivity index (χ0n) is 8.94. The highest BCUT2D eigenvalue weighted by atomic mass is 127. The first-order valence-corrected chi connectivity index (χ1v) is 6.81. The summed E-state index contributed by atoms with van der Waals surface area (Å²) in [5, 5.41) is 0. The quantitative estimate of drug-likeness (QED) is 0.575. The summed E-state index contributed by atoms with van der Waals surface area (Å²) in [7, 11) is 0. The molecule has 0 saturated carbocycles. The first kappa shape index (κ1) is 11.4. The number of allylic oxidation sites excluding steroid dienone is 1. The normalized spacial score (nSPS) is 9.81. The Kier molecular flexibility index (Phi) is 4.17. The molecule has 0 bridgehead atoms. The Hall–Kier alpha value is -1.09. The molecule has 1 heteroatoms. The first-order valence-electron chi connectivity index (χ1n) is 5.29. The van der Waals surface area contributed by atoms with Crippen molar-refractivity contribution in [2.24, 2.45) is 0 Å². The minimum Gasteiger partial charge on any atom is -0.0818 e. The molecule has 0 radical (unpaired) electrons. The summed E-state index contributed by atoms with van der Waals surface area (Å²) in [4.78, 5) is 0.